The summed E-state index contributed by atoms with van der Waals surface area (Å²) >= 11 is 0. The number of ether oxygens (including phenoxy) is 2. The molecule has 0 heterocycles. The van der Waals surface area contributed by atoms with Gasteiger partial charge in [-0.2, -0.15) is 0 Å². The van der Waals surface area contributed by atoms with Gasteiger partial charge in [0.1, 0.15) is 11.5 Å². The molecule has 4 heteroatoms. The normalized spacial score (nSPS) is 21.9. The fourth-order valence-corrected chi connectivity index (χ4v) is 2.12. The molecule has 2 atom stereocenters. The minimum Gasteiger partial charge on any atom is -0.497 e. The molecular weight excluding hydrogens is 230 g/mol. The van der Waals surface area contributed by atoms with Crippen molar-refractivity contribution in [2.45, 2.75) is 12.5 Å². The number of allylic oxidation sites excluding steroid dienone is 1. The van der Waals surface area contributed by atoms with Crippen LogP contribution in [0.1, 0.15) is 16.8 Å². The molecule has 0 aliphatic heterocycles. The molecule has 2 unspecified atom stereocenters. The minimum atomic E-state index is -0.151. The molecule has 0 fully saturated rings. The number of hydrogen-bond donors (Lipinski definition) is 1. The van der Waals surface area contributed by atoms with E-state index in [9.17, 15) is 4.79 Å². The standard InChI is InChI=1S/C14H17NO3/c1-17-11-5-6-12(13(8-11)18-2)14(16)9-3-4-10(15)7-9/h3-6,8-10H,7,15H2,1-2H3. The fourth-order valence-electron chi connectivity index (χ4n) is 2.12. The molecule has 0 bridgehead atoms. The third-order valence-corrected chi connectivity index (χ3v) is 3.13. The predicted molar refractivity (Wildman–Crippen MR) is 69.1 cm³/mol. The van der Waals surface area contributed by atoms with Crippen molar-refractivity contribution in [3.8, 4) is 11.5 Å². The van der Waals surface area contributed by atoms with Crippen molar-refractivity contribution in [1.29, 1.82) is 0 Å². The number of rotatable bonds is 4. The molecule has 0 aromatic heterocycles. The first-order chi connectivity index (χ1) is 8.65. The molecule has 0 saturated carbocycles. The van der Waals surface area contributed by atoms with Crippen molar-refractivity contribution < 1.29 is 14.3 Å². The maximum Gasteiger partial charge on any atom is 0.173 e. The van der Waals surface area contributed by atoms with Gasteiger partial charge >= 0.3 is 0 Å². The van der Waals surface area contributed by atoms with Gasteiger partial charge in [0, 0.05) is 18.0 Å². The van der Waals surface area contributed by atoms with Gasteiger partial charge in [0.25, 0.3) is 0 Å². The zero-order chi connectivity index (χ0) is 13.1. The molecule has 0 saturated heterocycles. The zero-order valence-electron chi connectivity index (χ0n) is 10.6. The summed E-state index contributed by atoms with van der Waals surface area (Å²) in [5.74, 6) is 1.09. The van der Waals surface area contributed by atoms with Crippen LogP contribution in [0.4, 0.5) is 0 Å². The van der Waals surface area contributed by atoms with E-state index in [4.69, 9.17) is 15.2 Å². The van der Waals surface area contributed by atoms with Crippen molar-refractivity contribution in [3.05, 3.63) is 35.9 Å². The Bertz CT molecular complexity index is 482. The van der Waals surface area contributed by atoms with E-state index in [0.717, 1.165) is 0 Å². The van der Waals surface area contributed by atoms with E-state index in [1.807, 2.05) is 12.2 Å². The van der Waals surface area contributed by atoms with Crippen LogP contribution in [0, 0.1) is 5.92 Å². The first kappa shape index (κ1) is 12.6. The summed E-state index contributed by atoms with van der Waals surface area (Å²) in [5.41, 5.74) is 6.34. The molecule has 1 aliphatic carbocycles. The Balaban J connectivity index is 2.27. The third kappa shape index (κ3) is 2.38. The Morgan fingerprint density at radius 1 is 1.28 bits per heavy atom. The van der Waals surface area contributed by atoms with E-state index in [-0.39, 0.29) is 17.7 Å². The monoisotopic (exact) mass is 247 g/mol. The minimum absolute atomic E-state index is 0.0248. The number of ketones is 1. The third-order valence-electron chi connectivity index (χ3n) is 3.13. The van der Waals surface area contributed by atoms with E-state index in [1.54, 1.807) is 32.4 Å². The largest absolute Gasteiger partial charge is 0.497 e. The van der Waals surface area contributed by atoms with Crippen LogP contribution < -0.4 is 15.2 Å². The molecule has 18 heavy (non-hydrogen) atoms. The molecule has 0 amide bonds. The first-order valence-electron chi connectivity index (χ1n) is 5.86. The summed E-state index contributed by atoms with van der Waals surface area (Å²) in [6.45, 7) is 0. The van der Waals surface area contributed by atoms with Crippen LogP contribution in [0.5, 0.6) is 11.5 Å². The van der Waals surface area contributed by atoms with E-state index >= 15 is 0 Å². The van der Waals surface area contributed by atoms with Crippen LogP contribution in [0.3, 0.4) is 0 Å². The van der Waals surface area contributed by atoms with Crippen LogP contribution in [-0.2, 0) is 0 Å². The maximum absolute atomic E-state index is 12.3. The number of carbonyl (C=O) groups is 1. The van der Waals surface area contributed by atoms with Gasteiger partial charge in [0.15, 0.2) is 5.78 Å². The van der Waals surface area contributed by atoms with Crippen molar-refractivity contribution >= 4 is 5.78 Å². The van der Waals surface area contributed by atoms with Crippen molar-refractivity contribution in [2.24, 2.45) is 11.7 Å². The van der Waals surface area contributed by atoms with Crippen LogP contribution in [-0.4, -0.2) is 26.0 Å². The highest BCUT2D eigenvalue weighted by atomic mass is 16.5. The van der Waals surface area contributed by atoms with Gasteiger partial charge < -0.3 is 15.2 Å². The molecule has 2 N–H and O–H groups in total. The lowest BCUT2D eigenvalue weighted by molar-refractivity contribution is 0.0940. The topological polar surface area (TPSA) is 61.5 Å². The van der Waals surface area contributed by atoms with Gasteiger partial charge in [-0.1, -0.05) is 12.2 Å². The zero-order valence-corrected chi connectivity index (χ0v) is 10.6. The van der Waals surface area contributed by atoms with Crippen molar-refractivity contribution in [1.82, 2.24) is 0 Å². The molecule has 1 aliphatic rings. The Hall–Kier alpha value is -1.81. The number of nitrogens with two attached hydrogens (primary N) is 1. The summed E-state index contributed by atoms with van der Waals surface area (Å²) < 4.78 is 10.3. The second-order valence-electron chi connectivity index (χ2n) is 4.32. The molecule has 4 nitrogen and oxygen atoms in total. The molecule has 2 rings (SSSR count). The Morgan fingerprint density at radius 2 is 2.06 bits per heavy atom. The smallest absolute Gasteiger partial charge is 0.173 e. The fraction of sp³-hybridized carbons (Fsp3) is 0.357. The van der Waals surface area contributed by atoms with Gasteiger partial charge in [-0.05, 0) is 18.6 Å². The molecular formula is C14H17NO3. The number of carbonyl (C=O) groups excluding carboxylic acids is 1. The van der Waals surface area contributed by atoms with Crippen LogP contribution in [0.25, 0.3) is 0 Å². The number of hydrogen-bond acceptors (Lipinski definition) is 4. The first-order valence-corrected chi connectivity index (χ1v) is 5.86. The highest BCUT2D eigenvalue weighted by Gasteiger charge is 2.26. The lowest BCUT2D eigenvalue weighted by Crippen LogP contribution is -2.19. The van der Waals surface area contributed by atoms with Gasteiger partial charge in [-0.25, -0.2) is 0 Å². The van der Waals surface area contributed by atoms with E-state index in [1.165, 1.54) is 0 Å². The predicted octanol–water partition coefficient (Wildman–Crippen LogP) is 1.79. The SMILES string of the molecule is COc1ccc(C(=O)C2C=CC(N)C2)c(OC)c1. The Labute approximate surface area is 106 Å². The summed E-state index contributed by atoms with van der Waals surface area (Å²) in [5, 5.41) is 0. The second kappa shape index (κ2) is 5.23. The summed E-state index contributed by atoms with van der Waals surface area (Å²) in [6.07, 6.45) is 4.41. The van der Waals surface area contributed by atoms with Gasteiger partial charge in [0.05, 0.1) is 19.8 Å². The van der Waals surface area contributed by atoms with E-state index in [2.05, 4.69) is 0 Å². The van der Waals surface area contributed by atoms with E-state index in [0.29, 0.717) is 23.5 Å². The summed E-state index contributed by atoms with van der Waals surface area (Å²) in [7, 11) is 3.12. The quantitative estimate of drug-likeness (QED) is 0.651. The van der Waals surface area contributed by atoms with Gasteiger partial charge in [-0.15, -0.1) is 0 Å². The molecule has 1 aromatic carbocycles. The Morgan fingerprint density at radius 3 is 2.61 bits per heavy atom. The second-order valence-corrected chi connectivity index (χ2v) is 4.32. The van der Waals surface area contributed by atoms with Gasteiger partial charge in [-0.3, -0.25) is 4.79 Å². The van der Waals surface area contributed by atoms with E-state index < -0.39 is 0 Å². The van der Waals surface area contributed by atoms with Crippen molar-refractivity contribution in [3.63, 3.8) is 0 Å². The molecule has 0 radical (unpaired) electrons. The van der Waals surface area contributed by atoms with Gasteiger partial charge in [0.2, 0.25) is 0 Å². The number of benzene rings is 1. The van der Waals surface area contributed by atoms with Crippen LogP contribution >= 0.6 is 0 Å². The Kier molecular flexibility index (Phi) is 3.67. The highest BCUT2D eigenvalue weighted by Crippen LogP contribution is 2.29. The molecule has 96 valence electrons. The molecule has 1 aromatic rings. The van der Waals surface area contributed by atoms with Crippen LogP contribution in [0.2, 0.25) is 0 Å². The number of Topliss-reactive ketones (excluding diaryl/α,β-unsaturated/α-hetero) is 1. The average molecular weight is 247 g/mol. The lowest BCUT2D eigenvalue weighted by Gasteiger charge is -2.12. The van der Waals surface area contributed by atoms with Crippen molar-refractivity contribution in [2.75, 3.05) is 14.2 Å². The maximum atomic E-state index is 12.3. The lowest BCUT2D eigenvalue weighted by atomic mass is 9.96. The van der Waals surface area contributed by atoms with Crippen LogP contribution in [0.15, 0.2) is 30.4 Å². The average Bonchev–Trinajstić information content (AvgIpc) is 2.83. The summed E-state index contributed by atoms with van der Waals surface area (Å²) in [6, 6.07) is 5.18. The number of methoxy groups -OCH3 is 2. The highest BCUT2D eigenvalue weighted by molar-refractivity contribution is 6.01. The molecule has 0 spiro atoms. The summed E-state index contributed by atoms with van der Waals surface area (Å²) in [4.78, 5) is 12.3.